The van der Waals surface area contributed by atoms with Gasteiger partial charge in [-0.2, -0.15) is 0 Å². The van der Waals surface area contributed by atoms with Crippen molar-refractivity contribution < 1.29 is 36.7 Å². The molecule has 0 radical (unpaired) electrons. The average molecular weight is 597 g/mol. The quantitative estimate of drug-likeness (QED) is 0.284. The molecule has 32 heavy (non-hydrogen) atoms. The molecular weight excluding hydrogens is 543 g/mol. The molecule has 14 heteroatoms. The minimum atomic E-state index is -4.43. The van der Waals surface area contributed by atoms with Gasteiger partial charge in [-0.3, -0.25) is 4.57 Å². The molecule has 0 amide bonds. The molecule has 0 aliphatic carbocycles. The average Bonchev–Trinajstić information content (AvgIpc) is 2.33. The minimum absolute atomic E-state index is 0. The van der Waals surface area contributed by atoms with Crippen molar-refractivity contribution in [3.8, 4) is 0 Å². The van der Waals surface area contributed by atoms with E-state index in [0.29, 0.717) is 0 Å². The standard InChI is InChI=1S/C18H55O4PSi8.Li/c1-24(2,3)30(25(4,5)6,26(7,8)9)21-23(19,20)22-31(27(10,11)12,28(13,14)15)29(16,17)18;/h1-18H3,(H,19,20);/q;+1/p-1. The molecule has 0 atom stereocenters. The van der Waals surface area contributed by atoms with Gasteiger partial charge >= 0.3 is 18.9 Å². The zero-order chi connectivity index (χ0) is 25.9. The summed E-state index contributed by atoms with van der Waals surface area (Å²) in [5.41, 5.74) is 0. The van der Waals surface area contributed by atoms with Crippen molar-refractivity contribution in [2.24, 2.45) is 0 Å². The van der Waals surface area contributed by atoms with Crippen LogP contribution in [0.5, 0.6) is 0 Å². The van der Waals surface area contributed by atoms with E-state index in [1.807, 2.05) is 0 Å². The molecule has 0 unspecified atom stereocenters. The van der Waals surface area contributed by atoms with Gasteiger partial charge in [-0.25, -0.2) is 0 Å². The molecule has 0 saturated heterocycles. The molecule has 0 aliphatic heterocycles. The second kappa shape index (κ2) is 10.3. The van der Waals surface area contributed by atoms with Crippen LogP contribution in [-0.4, -0.2) is 59.3 Å². The van der Waals surface area contributed by atoms with E-state index < -0.39 is 67.1 Å². The zero-order valence-electron chi connectivity index (χ0n) is 25.1. The Labute approximate surface area is 220 Å². The van der Waals surface area contributed by atoms with Crippen LogP contribution in [0, 0.1) is 0 Å². The second-order valence-electron chi connectivity index (χ2n) is 15.5. The topological polar surface area (TPSA) is 58.6 Å². The summed E-state index contributed by atoms with van der Waals surface area (Å²) >= 11 is 0. The Kier molecular flexibility index (Phi) is 11.8. The van der Waals surface area contributed by atoms with E-state index in [0.717, 1.165) is 0 Å². The van der Waals surface area contributed by atoms with Crippen LogP contribution >= 0.6 is 7.82 Å². The van der Waals surface area contributed by atoms with Crippen LogP contribution in [0.3, 0.4) is 0 Å². The zero-order valence-corrected chi connectivity index (χ0v) is 34.0. The van der Waals surface area contributed by atoms with Gasteiger partial charge in [0.2, 0.25) is 7.82 Å². The Morgan fingerprint density at radius 1 is 0.438 bits per heavy atom. The van der Waals surface area contributed by atoms with E-state index >= 15 is 0 Å². The predicted octanol–water partition coefficient (Wildman–Crippen LogP) is 3.88. The van der Waals surface area contributed by atoms with Crippen LogP contribution in [0.4, 0.5) is 0 Å². The van der Waals surface area contributed by atoms with Crippen LogP contribution in [0.1, 0.15) is 0 Å². The first-order valence-electron chi connectivity index (χ1n) is 11.6. The number of hydrogen-bond acceptors (Lipinski definition) is 4. The molecular formula is C18H54LiO4PSi8. The van der Waals surface area contributed by atoms with Gasteiger partial charge < -0.3 is 13.3 Å². The maximum atomic E-state index is 14.1. The van der Waals surface area contributed by atoms with E-state index in [9.17, 15) is 9.46 Å². The molecule has 0 bridgehead atoms. The van der Waals surface area contributed by atoms with Crippen LogP contribution in [-0.2, 0) is 13.0 Å². The van der Waals surface area contributed by atoms with Gasteiger partial charge in [0.25, 0.3) is 0 Å². The van der Waals surface area contributed by atoms with Gasteiger partial charge in [-0.15, -0.1) is 0 Å². The molecule has 0 rings (SSSR count). The van der Waals surface area contributed by atoms with E-state index in [4.69, 9.17) is 8.43 Å². The van der Waals surface area contributed by atoms with Gasteiger partial charge in [0.15, 0.2) is 13.7 Å². The van der Waals surface area contributed by atoms with Crippen molar-refractivity contribution in [1.82, 2.24) is 0 Å². The Balaban J connectivity index is 0. The van der Waals surface area contributed by atoms with Crippen LogP contribution < -0.4 is 23.8 Å². The van der Waals surface area contributed by atoms with Gasteiger partial charge in [-0.1, -0.05) is 118 Å². The molecule has 0 aromatic rings. The Morgan fingerprint density at radius 3 is 0.656 bits per heavy atom. The van der Waals surface area contributed by atoms with E-state index in [-0.39, 0.29) is 18.9 Å². The van der Waals surface area contributed by atoms with Crippen molar-refractivity contribution in [1.29, 1.82) is 0 Å². The summed E-state index contributed by atoms with van der Waals surface area (Å²) in [7, 11) is -15.8. The van der Waals surface area contributed by atoms with Crippen LogP contribution in [0.2, 0.25) is 118 Å². The van der Waals surface area contributed by atoms with E-state index in [1.54, 1.807) is 0 Å². The van der Waals surface area contributed by atoms with E-state index in [2.05, 4.69) is 118 Å². The number of rotatable bonds is 10. The largest absolute Gasteiger partial charge is 1.00 e. The summed E-state index contributed by atoms with van der Waals surface area (Å²) in [6.45, 7) is 37.4. The van der Waals surface area contributed by atoms with Crippen molar-refractivity contribution in [2.45, 2.75) is 118 Å². The molecule has 0 N–H and O–H groups in total. The Morgan fingerprint density at radius 2 is 0.562 bits per heavy atom. The number of hydrogen-bond donors (Lipinski definition) is 0. The monoisotopic (exact) mass is 596 g/mol. The van der Waals surface area contributed by atoms with Crippen molar-refractivity contribution >= 4 is 67.1 Å². The minimum Gasteiger partial charge on any atom is -0.757 e. The molecule has 4 nitrogen and oxygen atoms in total. The molecule has 0 heterocycles. The summed E-state index contributed by atoms with van der Waals surface area (Å²) in [6.07, 6.45) is 0. The first kappa shape index (κ1) is 36.6. The molecule has 188 valence electrons. The summed E-state index contributed by atoms with van der Waals surface area (Å²) < 4.78 is 27.7. The third-order valence-electron chi connectivity index (χ3n) is 6.83. The number of phosphoric acid groups is 1. The summed E-state index contributed by atoms with van der Waals surface area (Å²) in [5, 5.41) is 0. The molecule has 0 spiro atoms. The third-order valence-corrected chi connectivity index (χ3v) is 147. The van der Waals surface area contributed by atoms with Crippen molar-refractivity contribution in [3.63, 3.8) is 0 Å². The van der Waals surface area contributed by atoms with E-state index in [1.165, 1.54) is 0 Å². The van der Waals surface area contributed by atoms with Gasteiger partial charge in [0, 0.05) is 0 Å². The fraction of sp³-hybridized carbons (Fsp3) is 1.00. The SMILES string of the molecule is C[Si](C)(C)[Si](OP(=O)([O-])O[Si]([Si](C)(C)C)([Si](C)(C)C)[Si](C)(C)C)([Si](C)(C)C)[Si](C)(C)C.[Li+]. The fourth-order valence-corrected chi connectivity index (χ4v) is 214. The van der Waals surface area contributed by atoms with Gasteiger partial charge in [-0.05, 0) is 0 Å². The first-order valence-corrected chi connectivity index (χ1v) is 43.9. The predicted molar refractivity (Wildman–Crippen MR) is 161 cm³/mol. The molecule has 0 saturated carbocycles. The maximum absolute atomic E-state index is 14.1. The van der Waals surface area contributed by atoms with Crippen molar-refractivity contribution in [3.05, 3.63) is 0 Å². The van der Waals surface area contributed by atoms with Gasteiger partial charge in [0.1, 0.15) is 0 Å². The van der Waals surface area contributed by atoms with Crippen LogP contribution in [0.25, 0.3) is 0 Å². The third kappa shape index (κ3) is 6.85. The van der Waals surface area contributed by atoms with Gasteiger partial charge in [0.05, 0.1) is 45.5 Å². The van der Waals surface area contributed by atoms with Crippen LogP contribution in [0.15, 0.2) is 0 Å². The summed E-state index contributed by atoms with van der Waals surface area (Å²) in [4.78, 5) is 14.1. The first-order chi connectivity index (χ1) is 12.9. The maximum Gasteiger partial charge on any atom is 1.00 e. The molecule has 0 fully saturated rings. The molecule has 0 aliphatic rings. The summed E-state index contributed by atoms with van der Waals surface area (Å²) in [5.74, 6) is 0. The normalized spacial score (nSPS) is 16.1. The second-order valence-corrected chi connectivity index (χ2v) is 96.2. The molecule has 0 aromatic heterocycles. The fourth-order valence-electron chi connectivity index (χ4n) is 7.93. The molecule has 0 aromatic carbocycles. The smallest absolute Gasteiger partial charge is 0.757 e. The summed E-state index contributed by atoms with van der Waals surface area (Å²) in [6, 6.07) is 0. The Hall–Kier alpha value is 2.44. The van der Waals surface area contributed by atoms with Crippen molar-refractivity contribution in [2.75, 3.05) is 0 Å². The Bertz CT molecular complexity index is 567.